The number of rotatable bonds is 4. The highest BCUT2D eigenvalue weighted by Crippen LogP contribution is 2.35. The third-order valence-electron chi connectivity index (χ3n) is 4.37. The SMILES string of the molecule is CCc1ccc(-c2cc(C(F)(F)F)n3nc(-c4nc(-c5cccs5)no4)cc3n2)s1. The van der Waals surface area contributed by atoms with E-state index in [1.807, 2.05) is 30.5 Å². The summed E-state index contributed by atoms with van der Waals surface area (Å²) in [5, 5.41) is 9.80. The Bertz CT molecular complexity index is 1330. The molecule has 5 rings (SSSR count). The van der Waals surface area contributed by atoms with Crippen LogP contribution < -0.4 is 0 Å². The Morgan fingerprint density at radius 1 is 1.07 bits per heavy atom. The molecular weight excluding hydrogens is 435 g/mol. The van der Waals surface area contributed by atoms with E-state index in [4.69, 9.17) is 4.52 Å². The van der Waals surface area contributed by atoms with Crippen molar-refractivity contribution >= 4 is 28.3 Å². The molecule has 0 fully saturated rings. The molecule has 0 aliphatic carbocycles. The van der Waals surface area contributed by atoms with E-state index in [-0.39, 0.29) is 22.9 Å². The molecule has 30 heavy (non-hydrogen) atoms. The molecule has 0 radical (unpaired) electrons. The van der Waals surface area contributed by atoms with Crippen molar-refractivity contribution in [3.05, 3.63) is 52.3 Å². The van der Waals surface area contributed by atoms with Crippen molar-refractivity contribution in [2.24, 2.45) is 0 Å². The van der Waals surface area contributed by atoms with Gasteiger partial charge in [-0.05, 0) is 36.1 Å². The Labute approximate surface area is 175 Å². The lowest BCUT2D eigenvalue weighted by atomic mass is 10.2. The second-order valence-electron chi connectivity index (χ2n) is 6.34. The lowest BCUT2D eigenvalue weighted by Gasteiger charge is -2.10. The summed E-state index contributed by atoms with van der Waals surface area (Å²) in [6.07, 6.45) is -3.80. The molecule has 0 aliphatic rings. The number of thiophene rings is 2. The number of alkyl halides is 3. The standard InChI is InChI=1S/C19H12F3N5OS2/c1-2-10-5-6-13(30-10)11-8-15(19(20,21)22)27-16(23-11)9-12(25-27)18-24-17(26-28-18)14-4-3-7-29-14/h3-9H,2H2,1H3. The lowest BCUT2D eigenvalue weighted by molar-refractivity contribution is -0.142. The Morgan fingerprint density at radius 2 is 1.93 bits per heavy atom. The second-order valence-corrected chi connectivity index (χ2v) is 8.46. The fourth-order valence-electron chi connectivity index (χ4n) is 2.95. The Kier molecular flexibility index (Phi) is 4.44. The van der Waals surface area contributed by atoms with Gasteiger partial charge in [0.05, 0.1) is 15.4 Å². The van der Waals surface area contributed by atoms with Gasteiger partial charge < -0.3 is 4.52 Å². The van der Waals surface area contributed by atoms with Crippen LogP contribution in [0.5, 0.6) is 0 Å². The van der Waals surface area contributed by atoms with Crippen LogP contribution in [0.2, 0.25) is 0 Å². The summed E-state index contributed by atoms with van der Waals surface area (Å²) in [6.45, 7) is 1.99. The van der Waals surface area contributed by atoms with Gasteiger partial charge in [-0.3, -0.25) is 0 Å². The summed E-state index contributed by atoms with van der Waals surface area (Å²) in [4.78, 5) is 11.2. The summed E-state index contributed by atoms with van der Waals surface area (Å²) in [5.41, 5.74) is -0.494. The molecular formula is C19H12F3N5OS2. The first kappa shape index (κ1) is 18.9. The molecule has 0 unspecified atom stereocenters. The molecule has 0 saturated heterocycles. The molecule has 0 aliphatic heterocycles. The minimum absolute atomic E-state index is 0.0305. The monoisotopic (exact) mass is 447 g/mol. The number of fused-ring (bicyclic) bond motifs is 1. The molecule has 0 saturated carbocycles. The highest BCUT2D eigenvalue weighted by molar-refractivity contribution is 7.15. The number of nitrogens with zero attached hydrogens (tertiary/aromatic N) is 5. The van der Waals surface area contributed by atoms with Crippen molar-refractivity contribution in [1.29, 1.82) is 0 Å². The van der Waals surface area contributed by atoms with Crippen LogP contribution in [0.1, 0.15) is 17.5 Å². The van der Waals surface area contributed by atoms with Crippen LogP contribution in [0.15, 0.2) is 46.3 Å². The predicted molar refractivity (Wildman–Crippen MR) is 107 cm³/mol. The zero-order valence-corrected chi connectivity index (χ0v) is 17.0. The minimum Gasteiger partial charge on any atom is -0.332 e. The summed E-state index contributed by atoms with van der Waals surface area (Å²) >= 11 is 2.85. The predicted octanol–water partition coefficient (Wildman–Crippen LogP) is 5.82. The minimum atomic E-state index is -4.61. The first-order valence-corrected chi connectivity index (χ1v) is 10.6. The van der Waals surface area contributed by atoms with Gasteiger partial charge in [0.15, 0.2) is 17.0 Å². The normalized spacial score (nSPS) is 12.1. The van der Waals surface area contributed by atoms with E-state index >= 15 is 0 Å². The molecule has 0 spiro atoms. The number of aromatic nitrogens is 5. The number of aryl methyl sites for hydroxylation is 1. The first-order valence-electron chi connectivity index (χ1n) is 8.87. The fourth-order valence-corrected chi connectivity index (χ4v) is 4.50. The van der Waals surface area contributed by atoms with Crippen molar-refractivity contribution in [3.63, 3.8) is 0 Å². The summed E-state index contributed by atoms with van der Waals surface area (Å²) in [5.74, 6) is 0.385. The average molecular weight is 447 g/mol. The quantitative estimate of drug-likeness (QED) is 0.347. The van der Waals surface area contributed by atoms with Gasteiger partial charge in [-0.15, -0.1) is 22.7 Å². The molecule has 11 heteroatoms. The molecule has 5 aromatic heterocycles. The summed E-state index contributed by atoms with van der Waals surface area (Å²) in [6, 6.07) is 9.77. The van der Waals surface area contributed by atoms with Gasteiger partial charge in [0, 0.05) is 10.9 Å². The third kappa shape index (κ3) is 3.29. The Morgan fingerprint density at radius 3 is 2.63 bits per heavy atom. The fraction of sp³-hybridized carbons (Fsp3) is 0.158. The van der Waals surface area contributed by atoms with E-state index in [1.54, 1.807) is 6.07 Å². The van der Waals surface area contributed by atoms with E-state index in [1.165, 1.54) is 28.7 Å². The van der Waals surface area contributed by atoms with Crippen LogP contribution in [-0.2, 0) is 12.6 Å². The van der Waals surface area contributed by atoms with Crippen LogP contribution in [0.4, 0.5) is 13.2 Å². The molecule has 0 amide bonds. The van der Waals surface area contributed by atoms with Crippen LogP contribution in [-0.4, -0.2) is 24.7 Å². The summed E-state index contributed by atoms with van der Waals surface area (Å²) in [7, 11) is 0. The lowest BCUT2D eigenvalue weighted by Crippen LogP contribution is -2.13. The molecule has 0 N–H and O–H groups in total. The van der Waals surface area contributed by atoms with Crippen LogP contribution in [0.3, 0.4) is 0 Å². The number of halogens is 3. The van der Waals surface area contributed by atoms with Crippen molar-refractivity contribution in [1.82, 2.24) is 24.7 Å². The van der Waals surface area contributed by atoms with E-state index in [2.05, 4.69) is 20.2 Å². The molecule has 5 aromatic rings. The van der Waals surface area contributed by atoms with E-state index < -0.39 is 11.9 Å². The Hall–Kier alpha value is -3.05. The zero-order chi connectivity index (χ0) is 20.9. The van der Waals surface area contributed by atoms with Gasteiger partial charge in [0.25, 0.3) is 5.89 Å². The van der Waals surface area contributed by atoms with Crippen LogP contribution in [0, 0.1) is 0 Å². The van der Waals surface area contributed by atoms with Crippen molar-refractivity contribution in [2.75, 3.05) is 0 Å². The Balaban J connectivity index is 1.64. The van der Waals surface area contributed by atoms with Gasteiger partial charge in [-0.2, -0.15) is 23.3 Å². The maximum Gasteiger partial charge on any atom is 0.433 e. The molecule has 0 bridgehead atoms. The molecule has 0 aromatic carbocycles. The van der Waals surface area contributed by atoms with Crippen LogP contribution >= 0.6 is 22.7 Å². The van der Waals surface area contributed by atoms with Gasteiger partial charge in [-0.25, -0.2) is 9.50 Å². The molecule has 0 atom stereocenters. The second kappa shape index (κ2) is 7.03. The van der Waals surface area contributed by atoms with Gasteiger partial charge >= 0.3 is 6.18 Å². The highest BCUT2D eigenvalue weighted by Gasteiger charge is 2.36. The number of hydrogen-bond acceptors (Lipinski definition) is 7. The smallest absolute Gasteiger partial charge is 0.332 e. The zero-order valence-electron chi connectivity index (χ0n) is 15.3. The molecule has 5 heterocycles. The third-order valence-corrected chi connectivity index (χ3v) is 6.48. The van der Waals surface area contributed by atoms with E-state index in [0.29, 0.717) is 10.7 Å². The topological polar surface area (TPSA) is 69.1 Å². The van der Waals surface area contributed by atoms with E-state index in [0.717, 1.165) is 26.8 Å². The van der Waals surface area contributed by atoms with Crippen molar-refractivity contribution in [2.45, 2.75) is 19.5 Å². The molecule has 152 valence electrons. The van der Waals surface area contributed by atoms with E-state index in [9.17, 15) is 13.2 Å². The maximum atomic E-state index is 13.8. The van der Waals surface area contributed by atoms with Crippen molar-refractivity contribution in [3.8, 4) is 32.9 Å². The first-order chi connectivity index (χ1) is 14.4. The average Bonchev–Trinajstić information content (AvgIpc) is 3.51. The van der Waals surface area contributed by atoms with Gasteiger partial charge in [0.1, 0.15) is 0 Å². The van der Waals surface area contributed by atoms with Gasteiger partial charge in [0.2, 0.25) is 5.82 Å². The van der Waals surface area contributed by atoms with Gasteiger partial charge in [-0.1, -0.05) is 18.1 Å². The largest absolute Gasteiger partial charge is 0.433 e. The maximum absolute atomic E-state index is 13.8. The highest BCUT2D eigenvalue weighted by atomic mass is 32.1. The number of hydrogen-bond donors (Lipinski definition) is 0. The summed E-state index contributed by atoms with van der Waals surface area (Å²) < 4.78 is 47.2. The molecule has 6 nitrogen and oxygen atoms in total. The van der Waals surface area contributed by atoms with Crippen LogP contribution in [0.25, 0.3) is 38.5 Å². The van der Waals surface area contributed by atoms with Crippen molar-refractivity contribution < 1.29 is 17.7 Å².